The summed E-state index contributed by atoms with van der Waals surface area (Å²) in [4.78, 5) is 31.5. The van der Waals surface area contributed by atoms with E-state index in [-0.39, 0.29) is 16.9 Å². The first-order valence-electron chi connectivity index (χ1n) is 4.17. The average molecular weight is 243 g/mol. The molecule has 84 valence electrons. The fraction of sp³-hybridized carbons (Fsp3) is 0.111. The molecule has 1 amide bonds. The predicted octanol–water partition coefficient (Wildman–Crippen LogP) is 1.93. The van der Waals surface area contributed by atoms with Crippen LogP contribution in [0.15, 0.2) is 18.2 Å². The normalized spacial score (nSPS) is 9.62. The molecule has 0 aliphatic heterocycles. The van der Waals surface area contributed by atoms with Gasteiger partial charge in [0.05, 0.1) is 4.92 Å². The zero-order valence-corrected chi connectivity index (χ0v) is 8.95. The maximum atomic E-state index is 10.9. The second-order valence-electron chi connectivity index (χ2n) is 2.98. The Morgan fingerprint density at radius 3 is 2.44 bits per heavy atom. The number of carbonyl (C=O) groups excluding carboxylic acids is 2. The van der Waals surface area contributed by atoms with E-state index in [9.17, 15) is 19.7 Å². The molecule has 1 rings (SSSR count). The Bertz CT molecular complexity index is 440. The van der Waals surface area contributed by atoms with Gasteiger partial charge in [-0.2, -0.15) is 0 Å². The van der Waals surface area contributed by atoms with Crippen LogP contribution in [0.5, 0.6) is 0 Å². The smallest absolute Gasteiger partial charge is 0.272 e. The van der Waals surface area contributed by atoms with E-state index in [1.807, 2.05) is 0 Å². The molecule has 0 radical (unpaired) electrons. The number of non-ortho nitro benzene ring substituents is 1. The molecular formula is C9H7ClN2O4. The van der Waals surface area contributed by atoms with Crippen molar-refractivity contribution >= 4 is 34.1 Å². The lowest BCUT2D eigenvalue weighted by molar-refractivity contribution is -0.384. The highest BCUT2D eigenvalue weighted by Gasteiger charge is 2.13. The molecule has 0 aromatic heterocycles. The van der Waals surface area contributed by atoms with Gasteiger partial charge in [-0.15, -0.1) is 0 Å². The first kappa shape index (κ1) is 12.1. The molecule has 0 atom stereocenters. The topological polar surface area (TPSA) is 89.3 Å². The molecule has 0 saturated heterocycles. The van der Waals surface area contributed by atoms with Crippen molar-refractivity contribution < 1.29 is 14.5 Å². The second kappa shape index (κ2) is 4.71. The van der Waals surface area contributed by atoms with Crippen LogP contribution in [0.1, 0.15) is 17.3 Å². The Labute approximate surface area is 95.4 Å². The minimum absolute atomic E-state index is 0.0420. The predicted molar refractivity (Wildman–Crippen MR) is 57.6 cm³/mol. The highest BCUT2D eigenvalue weighted by Crippen LogP contribution is 2.22. The summed E-state index contributed by atoms with van der Waals surface area (Å²) in [5, 5.41) is 12.1. The van der Waals surface area contributed by atoms with Gasteiger partial charge in [0.2, 0.25) is 5.91 Å². The summed E-state index contributed by atoms with van der Waals surface area (Å²) in [5.74, 6) is -0.395. The number of nitro groups is 1. The molecule has 0 bridgehead atoms. The highest BCUT2D eigenvalue weighted by molar-refractivity contribution is 6.67. The van der Waals surface area contributed by atoms with Gasteiger partial charge in [-0.25, -0.2) is 0 Å². The van der Waals surface area contributed by atoms with Crippen molar-refractivity contribution in [1.82, 2.24) is 0 Å². The third-order valence-corrected chi connectivity index (χ3v) is 1.89. The molecule has 1 aromatic carbocycles. The van der Waals surface area contributed by atoms with Gasteiger partial charge in [-0.3, -0.25) is 19.7 Å². The van der Waals surface area contributed by atoms with Gasteiger partial charge in [0.25, 0.3) is 10.9 Å². The molecule has 6 nitrogen and oxygen atoms in total. The Kier molecular flexibility index (Phi) is 3.57. The number of nitrogens with zero attached hydrogens (tertiary/aromatic N) is 1. The van der Waals surface area contributed by atoms with E-state index < -0.39 is 16.1 Å². The van der Waals surface area contributed by atoms with Crippen LogP contribution in [0.2, 0.25) is 0 Å². The van der Waals surface area contributed by atoms with Crippen LogP contribution in [0.4, 0.5) is 11.4 Å². The molecular weight excluding hydrogens is 236 g/mol. The molecule has 0 aliphatic carbocycles. The largest absolute Gasteiger partial charge is 0.326 e. The zero-order valence-electron chi connectivity index (χ0n) is 8.19. The van der Waals surface area contributed by atoms with Crippen LogP contribution in [-0.4, -0.2) is 16.1 Å². The highest BCUT2D eigenvalue weighted by atomic mass is 35.5. The third-order valence-electron chi connectivity index (χ3n) is 1.68. The maximum Gasteiger partial charge on any atom is 0.272 e. The van der Waals surface area contributed by atoms with E-state index in [1.165, 1.54) is 13.0 Å². The Hall–Kier alpha value is -1.95. The summed E-state index contributed by atoms with van der Waals surface area (Å²) in [6.07, 6.45) is 0. The van der Waals surface area contributed by atoms with E-state index >= 15 is 0 Å². The number of nitro benzene ring substituents is 1. The molecule has 16 heavy (non-hydrogen) atoms. The van der Waals surface area contributed by atoms with Gasteiger partial charge in [0.15, 0.2) is 0 Å². The van der Waals surface area contributed by atoms with Crippen LogP contribution in [0.25, 0.3) is 0 Å². The summed E-state index contributed by atoms with van der Waals surface area (Å²) < 4.78 is 0. The van der Waals surface area contributed by atoms with Crippen LogP contribution in [0, 0.1) is 10.1 Å². The molecule has 7 heteroatoms. The lowest BCUT2D eigenvalue weighted by Gasteiger charge is -2.03. The maximum absolute atomic E-state index is 10.9. The number of rotatable bonds is 3. The Morgan fingerprint density at radius 1 is 1.38 bits per heavy atom. The number of carbonyl (C=O) groups is 2. The molecule has 0 fully saturated rings. The minimum atomic E-state index is -0.824. The monoisotopic (exact) mass is 242 g/mol. The lowest BCUT2D eigenvalue weighted by atomic mass is 10.2. The van der Waals surface area contributed by atoms with Gasteiger partial charge in [-0.1, -0.05) is 0 Å². The SMILES string of the molecule is CC(=O)Nc1cc(C(=O)Cl)cc([N+](=O)[O-])c1. The van der Waals surface area contributed by atoms with Gasteiger partial charge in [0.1, 0.15) is 0 Å². The molecule has 0 aliphatic rings. The Balaban J connectivity index is 3.23. The fourth-order valence-electron chi connectivity index (χ4n) is 1.11. The fourth-order valence-corrected chi connectivity index (χ4v) is 1.21. The second-order valence-corrected chi connectivity index (χ2v) is 3.32. The number of halogens is 1. The van der Waals surface area contributed by atoms with Gasteiger partial charge in [0, 0.05) is 30.3 Å². The van der Waals surface area contributed by atoms with Crippen molar-refractivity contribution in [3.63, 3.8) is 0 Å². The molecule has 1 aromatic rings. The van der Waals surface area contributed by atoms with E-state index in [0.29, 0.717) is 0 Å². The summed E-state index contributed by atoms with van der Waals surface area (Å²) in [6.45, 7) is 1.25. The van der Waals surface area contributed by atoms with Crippen molar-refractivity contribution in [2.45, 2.75) is 6.92 Å². The number of hydrogen-bond donors (Lipinski definition) is 1. The number of nitrogens with one attached hydrogen (secondary N) is 1. The van der Waals surface area contributed by atoms with Crippen molar-refractivity contribution in [2.24, 2.45) is 0 Å². The van der Waals surface area contributed by atoms with Crippen LogP contribution in [0.3, 0.4) is 0 Å². The lowest BCUT2D eigenvalue weighted by Crippen LogP contribution is -2.07. The summed E-state index contributed by atoms with van der Waals surface area (Å²) in [7, 11) is 0. The minimum Gasteiger partial charge on any atom is -0.326 e. The van der Waals surface area contributed by atoms with Gasteiger partial charge < -0.3 is 5.32 Å². The van der Waals surface area contributed by atoms with E-state index in [1.54, 1.807) is 0 Å². The molecule has 0 saturated carbocycles. The standard InChI is InChI=1S/C9H7ClN2O4/c1-5(13)11-7-2-6(9(10)14)3-8(4-7)12(15)16/h2-4H,1H3,(H,11,13). The molecule has 0 unspecified atom stereocenters. The van der Waals surface area contributed by atoms with Crippen LogP contribution >= 0.6 is 11.6 Å². The van der Waals surface area contributed by atoms with Crippen molar-refractivity contribution in [3.05, 3.63) is 33.9 Å². The summed E-state index contributed by atoms with van der Waals surface area (Å²) in [5.41, 5.74) is -0.194. The van der Waals surface area contributed by atoms with Gasteiger partial charge in [-0.05, 0) is 17.7 Å². The third kappa shape index (κ3) is 3.03. The Morgan fingerprint density at radius 2 is 2.00 bits per heavy atom. The molecule has 0 heterocycles. The number of hydrogen-bond acceptors (Lipinski definition) is 4. The van der Waals surface area contributed by atoms with Crippen molar-refractivity contribution in [1.29, 1.82) is 0 Å². The number of anilines is 1. The van der Waals surface area contributed by atoms with Gasteiger partial charge >= 0.3 is 0 Å². The first-order chi connectivity index (χ1) is 7.40. The van der Waals surface area contributed by atoms with Crippen molar-refractivity contribution in [3.8, 4) is 0 Å². The van der Waals surface area contributed by atoms with Crippen LogP contribution < -0.4 is 5.32 Å². The average Bonchev–Trinajstić information content (AvgIpc) is 2.15. The summed E-state index contributed by atoms with van der Waals surface area (Å²) >= 11 is 5.21. The number of amides is 1. The first-order valence-corrected chi connectivity index (χ1v) is 4.55. The van der Waals surface area contributed by atoms with E-state index in [4.69, 9.17) is 11.6 Å². The molecule has 0 spiro atoms. The van der Waals surface area contributed by atoms with Crippen molar-refractivity contribution in [2.75, 3.05) is 5.32 Å². The number of benzene rings is 1. The van der Waals surface area contributed by atoms with Crippen LogP contribution in [-0.2, 0) is 4.79 Å². The zero-order chi connectivity index (χ0) is 12.3. The van der Waals surface area contributed by atoms with E-state index in [2.05, 4.69) is 5.32 Å². The summed E-state index contributed by atoms with van der Waals surface area (Å²) in [6, 6.07) is 3.45. The molecule has 1 N–H and O–H groups in total. The quantitative estimate of drug-likeness (QED) is 0.498. The van der Waals surface area contributed by atoms with E-state index in [0.717, 1.165) is 12.1 Å².